The average molecular weight is 280 g/mol. The van der Waals surface area contributed by atoms with Crippen molar-refractivity contribution in [2.24, 2.45) is 0 Å². The van der Waals surface area contributed by atoms with Crippen LogP contribution in [0.1, 0.15) is 36.0 Å². The molecule has 0 bridgehead atoms. The highest BCUT2D eigenvalue weighted by molar-refractivity contribution is 6.00. The van der Waals surface area contributed by atoms with Crippen LogP contribution in [0.3, 0.4) is 0 Å². The number of halogens is 1. The van der Waals surface area contributed by atoms with Gasteiger partial charge in [0.2, 0.25) is 0 Å². The summed E-state index contributed by atoms with van der Waals surface area (Å²) in [6.07, 6.45) is 4.06. The summed E-state index contributed by atoms with van der Waals surface area (Å²) >= 11 is 0. The van der Waals surface area contributed by atoms with Crippen LogP contribution in [0.25, 0.3) is 0 Å². The maximum atomic E-state index is 13.2. The quantitative estimate of drug-likeness (QED) is 0.894. The number of anilines is 1. The molecule has 1 aromatic rings. The molecule has 108 valence electrons. The molecule has 0 aliphatic heterocycles. The van der Waals surface area contributed by atoms with Crippen molar-refractivity contribution >= 4 is 17.7 Å². The first-order valence-electron chi connectivity index (χ1n) is 6.55. The van der Waals surface area contributed by atoms with Gasteiger partial charge < -0.3 is 15.3 Å². The Morgan fingerprint density at radius 2 is 2.00 bits per heavy atom. The summed E-state index contributed by atoms with van der Waals surface area (Å²) in [4.78, 5) is 24.7. The van der Waals surface area contributed by atoms with Gasteiger partial charge in [-0.2, -0.15) is 0 Å². The zero-order valence-electron chi connectivity index (χ0n) is 11.2. The lowest BCUT2D eigenvalue weighted by Crippen LogP contribution is -2.38. The van der Waals surface area contributed by atoms with Gasteiger partial charge in [0.25, 0.3) is 0 Å². The highest BCUT2D eigenvalue weighted by atomic mass is 19.1. The van der Waals surface area contributed by atoms with Gasteiger partial charge in [-0.3, -0.25) is 0 Å². The molecule has 1 aromatic carbocycles. The first kappa shape index (κ1) is 14.3. The number of urea groups is 1. The number of carboxylic acid groups (broad SMARTS) is 1. The lowest BCUT2D eigenvalue weighted by Gasteiger charge is -2.24. The molecule has 1 aliphatic rings. The summed E-state index contributed by atoms with van der Waals surface area (Å²) in [6.45, 7) is 0. The zero-order valence-corrected chi connectivity index (χ0v) is 11.2. The van der Waals surface area contributed by atoms with Crippen molar-refractivity contribution in [2.45, 2.75) is 31.7 Å². The van der Waals surface area contributed by atoms with Gasteiger partial charge in [0.1, 0.15) is 5.82 Å². The normalized spacial score (nSPS) is 15.1. The average Bonchev–Trinajstić information content (AvgIpc) is 2.91. The highest BCUT2D eigenvalue weighted by Gasteiger charge is 2.24. The van der Waals surface area contributed by atoms with E-state index in [0.717, 1.165) is 43.9 Å². The summed E-state index contributed by atoms with van der Waals surface area (Å²) in [5.74, 6) is -1.79. The standard InChI is InChI=1S/C14H17FN2O3/c1-17(10-4-2-3-5-10)14(20)16-12-8-9(15)6-7-11(12)13(18)19/h6-8,10H,2-5H2,1H3,(H,16,20)(H,18,19). The van der Waals surface area contributed by atoms with E-state index in [-0.39, 0.29) is 17.3 Å². The monoisotopic (exact) mass is 280 g/mol. The second-order valence-electron chi connectivity index (χ2n) is 4.97. The minimum absolute atomic E-state index is 0.0210. The summed E-state index contributed by atoms with van der Waals surface area (Å²) in [5, 5.41) is 11.5. The molecule has 5 nitrogen and oxygen atoms in total. The Bertz CT molecular complexity index is 527. The molecule has 0 aromatic heterocycles. The fraction of sp³-hybridized carbons (Fsp3) is 0.429. The third-order valence-electron chi connectivity index (χ3n) is 3.65. The predicted octanol–water partition coefficient (Wildman–Crippen LogP) is 2.93. The molecule has 0 spiro atoms. The largest absolute Gasteiger partial charge is 0.478 e. The van der Waals surface area contributed by atoms with Gasteiger partial charge >= 0.3 is 12.0 Å². The third kappa shape index (κ3) is 3.07. The van der Waals surface area contributed by atoms with Crippen LogP contribution in [0, 0.1) is 5.82 Å². The molecule has 0 radical (unpaired) electrons. The molecule has 2 amide bonds. The van der Waals surface area contributed by atoms with E-state index >= 15 is 0 Å². The van der Waals surface area contributed by atoms with Crippen molar-refractivity contribution in [1.82, 2.24) is 4.90 Å². The summed E-state index contributed by atoms with van der Waals surface area (Å²) in [7, 11) is 1.67. The van der Waals surface area contributed by atoms with Crippen molar-refractivity contribution < 1.29 is 19.1 Å². The van der Waals surface area contributed by atoms with Crippen LogP contribution in [0.4, 0.5) is 14.9 Å². The van der Waals surface area contributed by atoms with Crippen LogP contribution in [0.5, 0.6) is 0 Å². The highest BCUT2D eigenvalue weighted by Crippen LogP contribution is 2.24. The fourth-order valence-corrected chi connectivity index (χ4v) is 2.47. The van der Waals surface area contributed by atoms with E-state index in [4.69, 9.17) is 5.11 Å². The SMILES string of the molecule is CN(C(=O)Nc1cc(F)ccc1C(=O)O)C1CCCC1. The summed E-state index contributed by atoms with van der Waals surface area (Å²) < 4.78 is 13.2. The Morgan fingerprint density at radius 3 is 2.60 bits per heavy atom. The molecular formula is C14H17FN2O3. The molecule has 0 unspecified atom stereocenters. The Hall–Kier alpha value is -2.11. The van der Waals surface area contributed by atoms with E-state index in [2.05, 4.69) is 5.32 Å². The number of hydrogen-bond donors (Lipinski definition) is 2. The number of amides is 2. The van der Waals surface area contributed by atoms with Gasteiger partial charge in [-0.05, 0) is 31.0 Å². The number of nitrogens with one attached hydrogen (secondary N) is 1. The molecule has 20 heavy (non-hydrogen) atoms. The smallest absolute Gasteiger partial charge is 0.337 e. The van der Waals surface area contributed by atoms with Gasteiger partial charge in [-0.15, -0.1) is 0 Å². The van der Waals surface area contributed by atoms with E-state index in [0.29, 0.717) is 0 Å². The molecule has 1 saturated carbocycles. The lowest BCUT2D eigenvalue weighted by molar-refractivity contribution is 0.0698. The number of benzene rings is 1. The van der Waals surface area contributed by atoms with Crippen molar-refractivity contribution in [3.63, 3.8) is 0 Å². The number of carbonyl (C=O) groups is 2. The molecule has 0 atom stereocenters. The Morgan fingerprint density at radius 1 is 1.35 bits per heavy atom. The minimum atomic E-state index is -1.20. The second-order valence-corrected chi connectivity index (χ2v) is 4.97. The second kappa shape index (κ2) is 5.90. The third-order valence-corrected chi connectivity index (χ3v) is 3.65. The number of aromatic carboxylic acids is 1. The van der Waals surface area contributed by atoms with Crippen LogP contribution in [-0.4, -0.2) is 35.1 Å². The molecule has 0 saturated heterocycles. The van der Waals surface area contributed by atoms with Gasteiger partial charge in [0.15, 0.2) is 0 Å². The van der Waals surface area contributed by atoms with Crippen LogP contribution < -0.4 is 5.32 Å². The molecule has 1 aliphatic carbocycles. The van der Waals surface area contributed by atoms with E-state index in [1.54, 1.807) is 11.9 Å². The maximum Gasteiger partial charge on any atom is 0.337 e. The van der Waals surface area contributed by atoms with E-state index < -0.39 is 17.8 Å². The van der Waals surface area contributed by atoms with E-state index in [9.17, 15) is 14.0 Å². The number of rotatable bonds is 3. The van der Waals surface area contributed by atoms with Gasteiger partial charge in [0.05, 0.1) is 11.3 Å². The number of nitrogens with zero attached hydrogens (tertiary/aromatic N) is 1. The van der Waals surface area contributed by atoms with Crippen molar-refractivity contribution in [2.75, 3.05) is 12.4 Å². The zero-order chi connectivity index (χ0) is 14.7. The Kier molecular flexibility index (Phi) is 4.22. The van der Waals surface area contributed by atoms with Gasteiger partial charge in [-0.1, -0.05) is 12.8 Å². The fourth-order valence-electron chi connectivity index (χ4n) is 2.47. The van der Waals surface area contributed by atoms with Crippen LogP contribution in [0.15, 0.2) is 18.2 Å². The molecule has 6 heteroatoms. The first-order valence-corrected chi connectivity index (χ1v) is 6.55. The molecular weight excluding hydrogens is 263 g/mol. The summed E-state index contributed by atoms with van der Waals surface area (Å²) in [5.41, 5.74) is -0.146. The molecule has 2 rings (SSSR count). The van der Waals surface area contributed by atoms with Crippen molar-refractivity contribution in [3.8, 4) is 0 Å². The molecule has 1 fully saturated rings. The van der Waals surface area contributed by atoms with Crippen molar-refractivity contribution in [1.29, 1.82) is 0 Å². The van der Waals surface area contributed by atoms with Gasteiger partial charge in [0, 0.05) is 13.1 Å². The number of hydrogen-bond acceptors (Lipinski definition) is 2. The topological polar surface area (TPSA) is 69.6 Å². The minimum Gasteiger partial charge on any atom is -0.478 e. The molecule has 2 N–H and O–H groups in total. The number of carbonyl (C=O) groups excluding carboxylic acids is 1. The predicted molar refractivity (Wildman–Crippen MR) is 72.4 cm³/mol. The Labute approximate surface area is 116 Å². The van der Waals surface area contributed by atoms with Crippen LogP contribution in [-0.2, 0) is 0 Å². The Balaban J connectivity index is 2.14. The summed E-state index contributed by atoms with van der Waals surface area (Å²) in [6, 6.07) is 2.97. The molecule has 0 heterocycles. The lowest BCUT2D eigenvalue weighted by atomic mass is 10.1. The van der Waals surface area contributed by atoms with E-state index in [1.165, 1.54) is 0 Å². The van der Waals surface area contributed by atoms with Gasteiger partial charge in [-0.25, -0.2) is 14.0 Å². The number of carboxylic acids is 1. The van der Waals surface area contributed by atoms with E-state index in [1.807, 2.05) is 0 Å². The maximum absolute atomic E-state index is 13.2. The van der Waals surface area contributed by atoms with Crippen LogP contribution in [0.2, 0.25) is 0 Å². The van der Waals surface area contributed by atoms with Crippen molar-refractivity contribution in [3.05, 3.63) is 29.6 Å². The van der Waals surface area contributed by atoms with Crippen LogP contribution >= 0.6 is 0 Å². The first-order chi connectivity index (χ1) is 9.49.